The lowest BCUT2D eigenvalue weighted by atomic mass is 10.1. The number of nitriles is 1. The van der Waals surface area contributed by atoms with E-state index in [-0.39, 0.29) is 11.3 Å². The molecule has 0 aliphatic heterocycles. The van der Waals surface area contributed by atoms with Crippen molar-refractivity contribution >= 4 is 11.4 Å². The van der Waals surface area contributed by atoms with Crippen LogP contribution in [0.4, 0.5) is 11.4 Å². The number of benzene rings is 2. The number of nitro groups is 1. The summed E-state index contributed by atoms with van der Waals surface area (Å²) in [6.07, 6.45) is 0.675. The highest BCUT2D eigenvalue weighted by molar-refractivity contribution is 5.65. The topological polar surface area (TPSA) is 88.6 Å². The van der Waals surface area contributed by atoms with E-state index >= 15 is 0 Å². The highest BCUT2D eigenvalue weighted by atomic mass is 16.6. The average Bonchev–Trinajstić information content (AvgIpc) is 2.65. The van der Waals surface area contributed by atoms with Crippen LogP contribution in [0.3, 0.4) is 0 Å². The van der Waals surface area contributed by atoms with Gasteiger partial charge < -0.3 is 14.4 Å². The van der Waals surface area contributed by atoms with E-state index in [0.717, 1.165) is 5.56 Å². The number of hydrogen-bond donors (Lipinski definition) is 0. The van der Waals surface area contributed by atoms with Crippen LogP contribution in [-0.2, 0) is 6.42 Å². The number of rotatable bonds is 7. The number of methoxy groups -OCH3 is 2. The second-order valence-electron chi connectivity index (χ2n) is 5.43. The van der Waals surface area contributed by atoms with Gasteiger partial charge in [0.25, 0.3) is 5.69 Å². The lowest BCUT2D eigenvalue weighted by molar-refractivity contribution is -0.384. The van der Waals surface area contributed by atoms with E-state index in [1.165, 1.54) is 6.07 Å². The molecule has 0 N–H and O–H groups in total. The lowest BCUT2D eigenvalue weighted by Crippen LogP contribution is -2.21. The number of ether oxygens (including phenoxy) is 2. The molecule has 0 aliphatic carbocycles. The van der Waals surface area contributed by atoms with Crippen LogP contribution in [0.25, 0.3) is 0 Å². The Hall–Kier alpha value is -3.27. The fourth-order valence-corrected chi connectivity index (χ4v) is 2.52. The number of likely N-dealkylation sites (N-methyl/N-ethyl adjacent to an activating group) is 1. The molecule has 0 spiro atoms. The van der Waals surface area contributed by atoms with Crippen LogP contribution < -0.4 is 14.4 Å². The zero-order valence-corrected chi connectivity index (χ0v) is 14.4. The van der Waals surface area contributed by atoms with Gasteiger partial charge in [-0.15, -0.1) is 0 Å². The highest BCUT2D eigenvalue weighted by Gasteiger charge is 2.18. The predicted octanol–water partition coefficient (Wildman–Crippen LogP) is 3.16. The molecule has 0 saturated carbocycles. The molecular weight excluding hydrogens is 322 g/mol. The van der Waals surface area contributed by atoms with Crippen molar-refractivity contribution in [3.63, 3.8) is 0 Å². The Balaban J connectivity index is 2.17. The normalized spacial score (nSPS) is 10.0. The van der Waals surface area contributed by atoms with Gasteiger partial charge in [0.2, 0.25) is 0 Å². The second-order valence-corrected chi connectivity index (χ2v) is 5.43. The van der Waals surface area contributed by atoms with Crippen LogP contribution in [0.5, 0.6) is 11.5 Å². The molecule has 130 valence electrons. The summed E-state index contributed by atoms with van der Waals surface area (Å²) < 4.78 is 10.5. The Morgan fingerprint density at radius 3 is 2.48 bits per heavy atom. The predicted molar refractivity (Wildman–Crippen MR) is 94.3 cm³/mol. The summed E-state index contributed by atoms with van der Waals surface area (Å²) in [6.45, 7) is 0.572. The number of anilines is 1. The first-order valence-corrected chi connectivity index (χ1v) is 7.60. The summed E-state index contributed by atoms with van der Waals surface area (Å²) in [6, 6.07) is 12.0. The molecule has 0 radical (unpaired) electrons. The van der Waals surface area contributed by atoms with E-state index in [9.17, 15) is 10.1 Å². The van der Waals surface area contributed by atoms with Gasteiger partial charge in [0, 0.05) is 19.7 Å². The largest absolute Gasteiger partial charge is 0.493 e. The highest BCUT2D eigenvalue weighted by Crippen LogP contribution is 2.30. The molecule has 0 fully saturated rings. The zero-order valence-electron chi connectivity index (χ0n) is 14.4. The minimum atomic E-state index is -0.469. The van der Waals surface area contributed by atoms with Crippen molar-refractivity contribution in [3.8, 4) is 17.6 Å². The third kappa shape index (κ3) is 4.18. The Labute approximate surface area is 146 Å². The van der Waals surface area contributed by atoms with E-state index in [1.807, 2.05) is 24.3 Å². The van der Waals surface area contributed by atoms with Crippen LogP contribution in [0.15, 0.2) is 36.4 Å². The first-order chi connectivity index (χ1) is 12.0. The van der Waals surface area contributed by atoms with Crippen LogP contribution >= 0.6 is 0 Å². The lowest BCUT2D eigenvalue weighted by Gasteiger charge is -2.19. The molecule has 0 saturated heterocycles. The van der Waals surface area contributed by atoms with Crippen molar-refractivity contribution in [2.45, 2.75) is 6.42 Å². The number of hydrogen-bond acceptors (Lipinski definition) is 6. The summed E-state index contributed by atoms with van der Waals surface area (Å²) in [5.41, 5.74) is 1.70. The van der Waals surface area contributed by atoms with E-state index in [2.05, 4.69) is 0 Å². The fraction of sp³-hybridized carbons (Fsp3) is 0.278. The average molecular weight is 341 g/mol. The van der Waals surface area contributed by atoms with Gasteiger partial charge in [0.1, 0.15) is 5.69 Å². The van der Waals surface area contributed by atoms with Gasteiger partial charge in [-0.3, -0.25) is 10.1 Å². The van der Waals surface area contributed by atoms with Crippen LogP contribution in [0.1, 0.15) is 11.1 Å². The van der Waals surface area contributed by atoms with E-state index < -0.39 is 4.92 Å². The molecule has 25 heavy (non-hydrogen) atoms. The molecule has 0 heterocycles. The SMILES string of the molecule is COc1ccc(CCN(C)c2ccc(C#N)cc2[N+](=O)[O-])cc1OC. The van der Waals surface area contributed by atoms with E-state index in [1.54, 1.807) is 38.3 Å². The molecule has 7 heteroatoms. The third-order valence-electron chi connectivity index (χ3n) is 3.90. The quantitative estimate of drug-likeness (QED) is 0.568. The number of nitrogens with zero attached hydrogens (tertiary/aromatic N) is 3. The van der Waals surface area contributed by atoms with Crippen LogP contribution in [0.2, 0.25) is 0 Å². The van der Waals surface area contributed by atoms with Crippen molar-refractivity contribution in [1.82, 2.24) is 0 Å². The molecule has 0 aliphatic rings. The molecule has 0 bridgehead atoms. The van der Waals surface area contributed by atoms with Gasteiger partial charge in [-0.1, -0.05) is 6.07 Å². The Bertz CT molecular complexity index is 814. The van der Waals surface area contributed by atoms with Gasteiger partial charge in [-0.25, -0.2) is 0 Å². The summed E-state index contributed by atoms with van der Waals surface area (Å²) in [5, 5.41) is 20.2. The summed E-state index contributed by atoms with van der Waals surface area (Å²) in [5.74, 6) is 1.30. The summed E-state index contributed by atoms with van der Waals surface area (Å²) in [7, 11) is 4.94. The van der Waals surface area contributed by atoms with Crippen molar-refractivity contribution < 1.29 is 14.4 Å². The molecule has 0 atom stereocenters. The minimum Gasteiger partial charge on any atom is -0.493 e. The Morgan fingerprint density at radius 2 is 1.88 bits per heavy atom. The van der Waals surface area contributed by atoms with Gasteiger partial charge in [-0.2, -0.15) is 5.26 Å². The molecule has 2 aromatic rings. The van der Waals surface area contributed by atoms with Crippen LogP contribution in [0, 0.1) is 21.4 Å². The molecular formula is C18H19N3O4. The molecule has 7 nitrogen and oxygen atoms in total. The summed E-state index contributed by atoms with van der Waals surface area (Å²) >= 11 is 0. The van der Waals surface area contributed by atoms with E-state index in [0.29, 0.717) is 30.2 Å². The number of nitro benzene ring substituents is 1. The molecule has 0 unspecified atom stereocenters. The fourth-order valence-electron chi connectivity index (χ4n) is 2.52. The maximum Gasteiger partial charge on any atom is 0.293 e. The first kappa shape index (κ1) is 18.1. The third-order valence-corrected chi connectivity index (χ3v) is 3.90. The second kappa shape index (κ2) is 8.02. The monoisotopic (exact) mass is 341 g/mol. The molecule has 0 aromatic heterocycles. The van der Waals surface area contributed by atoms with Gasteiger partial charge in [0.15, 0.2) is 11.5 Å². The first-order valence-electron chi connectivity index (χ1n) is 7.60. The molecule has 0 amide bonds. The van der Waals surface area contributed by atoms with Crippen molar-refractivity contribution in [2.24, 2.45) is 0 Å². The summed E-state index contributed by atoms with van der Waals surface area (Å²) in [4.78, 5) is 12.6. The maximum atomic E-state index is 11.3. The van der Waals surface area contributed by atoms with Crippen LogP contribution in [-0.4, -0.2) is 32.7 Å². The molecule has 2 rings (SSSR count). The Kier molecular flexibility index (Phi) is 5.79. The van der Waals surface area contributed by atoms with Crippen molar-refractivity contribution in [1.29, 1.82) is 5.26 Å². The van der Waals surface area contributed by atoms with Gasteiger partial charge in [-0.05, 0) is 36.2 Å². The zero-order chi connectivity index (χ0) is 18.4. The minimum absolute atomic E-state index is 0.0751. The van der Waals surface area contributed by atoms with E-state index in [4.69, 9.17) is 14.7 Å². The van der Waals surface area contributed by atoms with Crippen molar-refractivity contribution in [3.05, 3.63) is 57.6 Å². The maximum absolute atomic E-state index is 11.3. The Morgan fingerprint density at radius 1 is 1.16 bits per heavy atom. The van der Waals surface area contributed by atoms with Crippen molar-refractivity contribution in [2.75, 3.05) is 32.7 Å². The smallest absolute Gasteiger partial charge is 0.293 e. The van der Waals surface area contributed by atoms with Gasteiger partial charge in [0.05, 0.1) is 30.8 Å². The standard InChI is InChI=1S/C18H19N3O4/c1-20(15-6-4-14(12-19)10-16(15)21(22)23)9-8-13-5-7-17(24-2)18(11-13)25-3/h4-7,10-11H,8-9H2,1-3H3. The molecule has 2 aromatic carbocycles. The van der Waals surface area contributed by atoms with Gasteiger partial charge >= 0.3 is 0 Å².